The van der Waals surface area contributed by atoms with Gasteiger partial charge in [-0.2, -0.15) is 0 Å². The minimum atomic E-state index is 0. The van der Waals surface area contributed by atoms with E-state index in [1.165, 1.54) is 0 Å². The molecule has 0 aliphatic heterocycles. The molecule has 6 heteroatoms. The first-order valence-corrected chi connectivity index (χ1v) is 8.47. The maximum atomic E-state index is 4.80. The standard InChI is InChI=1S/C21H16N5.BrH/c1-3-9-16(10-4-1)25-23-21(24-26(25)17-11-5-2-6-12-17)19-15-22-20-14-8-7-13-18(19)20;/h1-15,22H;1H/q+1;/p-1. The van der Waals surface area contributed by atoms with Gasteiger partial charge in [-0.15, -0.1) is 0 Å². The molecule has 0 amide bonds. The van der Waals surface area contributed by atoms with Crippen molar-refractivity contribution in [3.05, 3.63) is 91.1 Å². The van der Waals surface area contributed by atoms with Crippen LogP contribution < -0.4 is 21.8 Å². The van der Waals surface area contributed by atoms with Gasteiger partial charge in [0, 0.05) is 21.9 Å². The Morgan fingerprint density at radius 3 is 2.22 bits per heavy atom. The Bertz CT molecular complexity index is 1120. The maximum Gasteiger partial charge on any atom is 0.342 e. The van der Waals surface area contributed by atoms with Crippen molar-refractivity contribution in [3.8, 4) is 22.8 Å². The van der Waals surface area contributed by atoms with E-state index < -0.39 is 0 Å². The fourth-order valence-corrected chi connectivity index (χ4v) is 3.11. The number of aromatic amines is 1. The second-order valence-corrected chi connectivity index (χ2v) is 6.02. The summed E-state index contributed by atoms with van der Waals surface area (Å²) in [5.74, 6) is 0.676. The zero-order valence-electron chi connectivity index (χ0n) is 14.3. The molecule has 3 aromatic carbocycles. The minimum absolute atomic E-state index is 0. The van der Waals surface area contributed by atoms with E-state index in [9.17, 15) is 0 Å². The number of nitrogens with zero attached hydrogens (tertiary/aromatic N) is 4. The largest absolute Gasteiger partial charge is 1.00 e. The van der Waals surface area contributed by atoms with Crippen molar-refractivity contribution in [1.29, 1.82) is 0 Å². The van der Waals surface area contributed by atoms with Crippen molar-refractivity contribution in [2.75, 3.05) is 0 Å². The summed E-state index contributed by atoms with van der Waals surface area (Å²) in [6, 6.07) is 28.2. The highest BCUT2D eigenvalue weighted by atomic mass is 79.9. The topological polar surface area (TPSA) is 50.4 Å². The number of hydrogen-bond acceptors (Lipinski definition) is 2. The molecule has 0 saturated carbocycles. The summed E-state index contributed by atoms with van der Waals surface area (Å²) in [6.07, 6.45) is 1.96. The molecule has 5 aromatic rings. The molecule has 0 aliphatic rings. The van der Waals surface area contributed by atoms with Crippen LogP contribution in [0.15, 0.2) is 91.1 Å². The van der Waals surface area contributed by atoms with Crippen LogP contribution in [0.3, 0.4) is 0 Å². The fraction of sp³-hybridized carbons (Fsp3) is 0. The van der Waals surface area contributed by atoms with E-state index in [1.807, 2.05) is 88.6 Å². The Morgan fingerprint density at radius 1 is 0.778 bits per heavy atom. The molecule has 0 aliphatic carbocycles. The number of para-hydroxylation sites is 3. The van der Waals surface area contributed by atoms with Gasteiger partial charge in [-0.05, 0) is 40.2 Å². The lowest BCUT2D eigenvalue weighted by Gasteiger charge is -1.98. The van der Waals surface area contributed by atoms with E-state index in [0.29, 0.717) is 5.82 Å². The van der Waals surface area contributed by atoms with E-state index in [-0.39, 0.29) is 17.0 Å². The normalized spacial score (nSPS) is 10.7. The first kappa shape index (κ1) is 17.2. The van der Waals surface area contributed by atoms with Crippen molar-refractivity contribution in [1.82, 2.24) is 20.0 Å². The van der Waals surface area contributed by atoms with Gasteiger partial charge in [-0.3, -0.25) is 0 Å². The van der Waals surface area contributed by atoms with E-state index in [2.05, 4.69) is 17.1 Å². The molecule has 0 bridgehead atoms. The van der Waals surface area contributed by atoms with E-state index in [1.54, 1.807) is 0 Å². The van der Waals surface area contributed by atoms with Crippen LogP contribution in [0.1, 0.15) is 0 Å². The lowest BCUT2D eigenvalue weighted by molar-refractivity contribution is -0.734. The number of benzene rings is 3. The fourth-order valence-electron chi connectivity index (χ4n) is 3.11. The summed E-state index contributed by atoms with van der Waals surface area (Å²) in [5, 5.41) is 10.7. The molecule has 0 radical (unpaired) electrons. The average Bonchev–Trinajstić information content (AvgIpc) is 3.34. The lowest BCUT2D eigenvalue weighted by atomic mass is 10.2. The van der Waals surface area contributed by atoms with E-state index in [0.717, 1.165) is 27.8 Å². The van der Waals surface area contributed by atoms with Gasteiger partial charge >= 0.3 is 5.82 Å². The lowest BCUT2D eigenvalue weighted by Crippen LogP contribution is -3.00. The zero-order chi connectivity index (χ0) is 17.3. The van der Waals surface area contributed by atoms with Gasteiger partial charge in [0.1, 0.15) is 5.69 Å². The minimum Gasteiger partial charge on any atom is -1.00 e. The van der Waals surface area contributed by atoms with Gasteiger partial charge in [-0.25, -0.2) is 0 Å². The van der Waals surface area contributed by atoms with Gasteiger partial charge in [0.25, 0.3) is 0 Å². The first-order chi connectivity index (χ1) is 12.9. The summed E-state index contributed by atoms with van der Waals surface area (Å²) in [5.41, 5.74) is 3.97. The first-order valence-electron chi connectivity index (χ1n) is 8.47. The Hall–Kier alpha value is -3.25. The number of fused-ring (bicyclic) bond motifs is 1. The van der Waals surface area contributed by atoms with Crippen molar-refractivity contribution in [2.24, 2.45) is 0 Å². The quantitative estimate of drug-likeness (QED) is 0.439. The van der Waals surface area contributed by atoms with Gasteiger partial charge < -0.3 is 22.0 Å². The molecule has 5 rings (SSSR count). The van der Waals surface area contributed by atoms with E-state index >= 15 is 0 Å². The van der Waals surface area contributed by atoms with Crippen LogP contribution in [0.5, 0.6) is 0 Å². The van der Waals surface area contributed by atoms with Crippen molar-refractivity contribution >= 4 is 10.9 Å². The highest BCUT2D eigenvalue weighted by Gasteiger charge is 2.24. The van der Waals surface area contributed by atoms with Crippen molar-refractivity contribution in [3.63, 3.8) is 0 Å². The molecule has 0 spiro atoms. The maximum absolute atomic E-state index is 4.80. The van der Waals surface area contributed by atoms with E-state index in [4.69, 9.17) is 10.2 Å². The SMILES string of the molecule is [Br-].c1ccc(-n2nc(-c3c[nH]c4ccccc34)n[n+]2-c2ccccc2)cc1. The Balaban J connectivity index is 0.00000180. The third-order valence-corrected chi connectivity index (χ3v) is 4.36. The van der Waals surface area contributed by atoms with Gasteiger partial charge in [-0.1, -0.05) is 54.6 Å². The summed E-state index contributed by atoms with van der Waals surface area (Å²) >= 11 is 0. The Morgan fingerprint density at radius 2 is 1.44 bits per heavy atom. The molecule has 0 atom stereocenters. The number of aromatic nitrogens is 5. The number of H-pyrrole nitrogens is 1. The van der Waals surface area contributed by atoms with Crippen LogP contribution in [0.25, 0.3) is 33.7 Å². The van der Waals surface area contributed by atoms with Crippen LogP contribution in [-0.2, 0) is 0 Å². The number of hydrogen-bond donors (Lipinski definition) is 1. The number of tetrazole rings is 1. The second-order valence-electron chi connectivity index (χ2n) is 6.02. The average molecular weight is 418 g/mol. The summed E-state index contributed by atoms with van der Waals surface area (Å²) in [6.45, 7) is 0. The molecule has 0 saturated heterocycles. The molecule has 0 unspecified atom stereocenters. The molecule has 2 heterocycles. The molecular weight excluding hydrogens is 402 g/mol. The number of nitrogens with one attached hydrogen (secondary N) is 1. The van der Waals surface area contributed by atoms with Gasteiger partial charge in [0.15, 0.2) is 5.69 Å². The Kier molecular flexibility index (Phi) is 4.56. The van der Waals surface area contributed by atoms with Gasteiger partial charge in [0.05, 0.1) is 10.7 Å². The van der Waals surface area contributed by atoms with Crippen LogP contribution in [-0.4, -0.2) is 20.0 Å². The number of halogens is 1. The molecule has 27 heavy (non-hydrogen) atoms. The summed E-state index contributed by atoms with van der Waals surface area (Å²) in [4.78, 5) is 6.95. The Labute approximate surface area is 166 Å². The molecule has 1 N–H and O–H groups in total. The number of rotatable bonds is 3. The van der Waals surface area contributed by atoms with Crippen LogP contribution in [0, 0.1) is 0 Å². The molecule has 132 valence electrons. The predicted molar refractivity (Wildman–Crippen MR) is 100 cm³/mol. The van der Waals surface area contributed by atoms with Crippen LogP contribution in [0.2, 0.25) is 0 Å². The van der Waals surface area contributed by atoms with Crippen LogP contribution in [0.4, 0.5) is 0 Å². The van der Waals surface area contributed by atoms with Crippen molar-refractivity contribution < 1.29 is 21.8 Å². The molecule has 0 fully saturated rings. The van der Waals surface area contributed by atoms with Gasteiger partial charge in [0.2, 0.25) is 0 Å². The molecular formula is C21H16BrN5. The monoisotopic (exact) mass is 417 g/mol. The second kappa shape index (κ2) is 7.17. The summed E-state index contributed by atoms with van der Waals surface area (Å²) in [7, 11) is 0. The zero-order valence-corrected chi connectivity index (χ0v) is 15.9. The van der Waals surface area contributed by atoms with Crippen LogP contribution >= 0.6 is 0 Å². The molecule has 2 aromatic heterocycles. The smallest absolute Gasteiger partial charge is 0.342 e. The highest BCUT2D eigenvalue weighted by Crippen LogP contribution is 2.25. The highest BCUT2D eigenvalue weighted by molar-refractivity contribution is 5.93. The van der Waals surface area contributed by atoms with Crippen molar-refractivity contribution in [2.45, 2.75) is 0 Å². The summed E-state index contributed by atoms with van der Waals surface area (Å²) < 4.78 is 0. The third kappa shape index (κ3) is 3.04. The third-order valence-electron chi connectivity index (χ3n) is 4.36. The predicted octanol–water partition coefficient (Wildman–Crippen LogP) is 0.696. The molecule has 5 nitrogen and oxygen atoms in total.